The predicted molar refractivity (Wildman–Crippen MR) is 77.3 cm³/mol. The van der Waals surface area contributed by atoms with E-state index in [4.69, 9.17) is 0 Å². The van der Waals surface area contributed by atoms with Gasteiger partial charge in [-0.2, -0.15) is 0 Å². The van der Waals surface area contributed by atoms with Crippen molar-refractivity contribution in [3.05, 3.63) is 12.2 Å². The van der Waals surface area contributed by atoms with Crippen LogP contribution in [0.1, 0.15) is 57.8 Å². The van der Waals surface area contributed by atoms with Crippen molar-refractivity contribution in [1.29, 1.82) is 0 Å². The minimum absolute atomic E-state index is 0.101. The zero-order valence-electron chi connectivity index (χ0n) is 12.3. The lowest BCUT2D eigenvalue weighted by atomic mass is 9.76. The summed E-state index contributed by atoms with van der Waals surface area (Å²) < 4.78 is 0. The summed E-state index contributed by atoms with van der Waals surface area (Å²) in [5.74, 6) is -0.625. The molecule has 1 spiro atoms. The van der Waals surface area contributed by atoms with Crippen molar-refractivity contribution in [1.82, 2.24) is 10.2 Å². The first kappa shape index (κ1) is 14.3. The lowest BCUT2D eigenvalue weighted by molar-refractivity contribution is -0.154. The smallest absolute Gasteiger partial charge is 0.277 e. The van der Waals surface area contributed by atoms with Gasteiger partial charge in [0.1, 0.15) is 5.41 Å². The zero-order valence-corrected chi connectivity index (χ0v) is 12.3. The van der Waals surface area contributed by atoms with Gasteiger partial charge in [-0.15, -0.1) is 0 Å². The number of amides is 4. The van der Waals surface area contributed by atoms with Crippen LogP contribution in [0.15, 0.2) is 12.2 Å². The summed E-state index contributed by atoms with van der Waals surface area (Å²) in [6, 6.07) is -0.629. The summed E-state index contributed by atoms with van der Waals surface area (Å²) in [6.07, 6.45) is 11.5. The van der Waals surface area contributed by atoms with Gasteiger partial charge in [0, 0.05) is 6.04 Å². The van der Waals surface area contributed by atoms with Gasteiger partial charge in [-0.25, -0.2) is 4.79 Å². The van der Waals surface area contributed by atoms with Crippen molar-refractivity contribution < 1.29 is 14.4 Å². The highest BCUT2D eigenvalue weighted by molar-refractivity contribution is 6.19. The number of urea groups is 1. The molecular weight excluding hydrogens is 268 g/mol. The van der Waals surface area contributed by atoms with Gasteiger partial charge >= 0.3 is 6.03 Å². The molecule has 0 radical (unpaired) electrons. The van der Waals surface area contributed by atoms with Gasteiger partial charge in [0.25, 0.3) is 0 Å². The normalized spacial score (nSPS) is 29.4. The average molecular weight is 290 g/mol. The van der Waals surface area contributed by atoms with Gasteiger partial charge in [0.05, 0.1) is 0 Å². The van der Waals surface area contributed by atoms with Crippen molar-refractivity contribution >= 4 is 17.8 Å². The van der Waals surface area contributed by atoms with Gasteiger partial charge in [-0.3, -0.25) is 19.8 Å². The van der Waals surface area contributed by atoms with Crippen molar-refractivity contribution in [3.63, 3.8) is 0 Å². The summed E-state index contributed by atoms with van der Waals surface area (Å²) >= 11 is 0. The Morgan fingerprint density at radius 3 is 2.38 bits per heavy atom. The Balaban J connectivity index is 1.90. The third-order valence-electron chi connectivity index (χ3n) is 5.07. The topological polar surface area (TPSA) is 66.5 Å². The lowest BCUT2D eigenvalue weighted by Gasteiger charge is -2.42. The number of rotatable bonds is 1. The SMILES string of the molecule is O=C1NC(=O)C2(CCCCCC2)C(=O)N1C1CC=CCC1. The maximum Gasteiger partial charge on any atom is 0.331 e. The number of imide groups is 2. The van der Waals surface area contributed by atoms with Crippen LogP contribution in [0, 0.1) is 5.41 Å². The molecule has 0 bridgehead atoms. The van der Waals surface area contributed by atoms with Crippen molar-refractivity contribution in [3.8, 4) is 0 Å². The molecule has 0 aromatic rings. The van der Waals surface area contributed by atoms with Crippen LogP contribution in [0.3, 0.4) is 0 Å². The summed E-state index contributed by atoms with van der Waals surface area (Å²) in [4.78, 5) is 38.9. The lowest BCUT2D eigenvalue weighted by Crippen LogP contribution is -2.66. The van der Waals surface area contributed by atoms with Gasteiger partial charge in [0.2, 0.25) is 11.8 Å². The quantitative estimate of drug-likeness (QED) is 0.596. The van der Waals surface area contributed by atoms with E-state index in [1.807, 2.05) is 6.08 Å². The number of carbonyl (C=O) groups is 3. The fourth-order valence-corrected chi connectivity index (χ4v) is 3.81. The molecule has 1 saturated carbocycles. The van der Waals surface area contributed by atoms with Gasteiger partial charge in [-0.05, 0) is 32.1 Å². The number of allylic oxidation sites excluding steroid dienone is 1. The van der Waals surface area contributed by atoms with E-state index in [0.29, 0.717) is 19.3 Å². The molecule has 1 aliphatic heterocycles. The van der Waals surface area contributed by atoms with Gasteiger partial charge in [0.15, 0.2) is 0 Å². The maximum atomic E-state index is 13.0. The molecule has 3 rings (SSSR count). The molecule has 5 heteroatoms. The molecule has 0 aromatic heterocycles. The van der Waals surface area contributed by atoms with E-state index >= 15 is 0 Å². The Morgan fingerprint density at radius 1 is 1.05 bits per heavy atom. The second-order valence-electron chi connectivity index (χ2n) is 6.37. The third kappa shape index (κ3) is 2.39. The van der Waals surface area contributed by atoms with Crippen LogP contribution in [0.5, 0.6) is 0 Å². The molecule has 1 heterocycles. The monoisotopic (exact) mass is 290 g/mol. The zero-order chi connectivity index (χ0) is 14.9. The molecule has 2 fully saturated rings. The number of hydrogen-bond acceptors (Lipinski definition) is 3. The second kappa shape index (κ2) is 5.62. The minimum atomic E-state index is -0.994. The highest BCUT2D eigenvalue weighted by atomic mass is 16.2. The Bertz CT molecular complexity index is 490. The summed E-state index contributed by atoms with van der Waals surface area (Å²) in [5, 5.41) is 2.45. The van der Waals surface area contributed by atoms with Crippen molar-refractivity contribution in [2.75, 3.05) is 0 Å². The number of hydrogen-bond donors (Lipinski definition) is 1. The van der Waals surface area contributed by atoms with E-state index in [-0.39, 0.29) is 17.9 Å². The largest absolute Gasteiger partial charge is 0.331 e. The van der Waals surface area contributed by atoms with Crippen LogP contribution in [-0.2, 0) is 9.59 Å². The molecule has 1 unspecified atom stereocenters. The highest BCUT2D eigenvalue weighted by Gasteiger charge is 2.54. The van der Waals surface area contributed by atoms with E-state index < -0.39 is 11.4 Å². The summed E-state index contributed by atoms with van der Waals surface area (Å²) in [6.45, 7) is 0. The van der Waals surface area contributed by atoms with Crippen LogP contribution in [0.2, 0.25) is 0 Å². The Kier molecular flexibility index (Phi) is 3.83. The minimum Gasteiger partial charge on any atom is -0.277 e. The van der Waals surface area contributed by atoms with E-state index in [0.717, 1.165) is 38.5 Å². The molecule has 4 amide bonds. The van der Waals surface area contributed by atoms with E-state index in [9.17, 15) is 14.4 Å². The Hall–Kier alpha value is -1.65. The predicted octanol–water partition coefficient (Wildman–Crippen LogP) is 2.51. The summed E-state index contributed by atoms with van der Waals surface area (Å²) in [7, 11) is 0. The molecule has 21 heavy (non-hydrogen) atoms. The van der Waals surface area contributed by atoms with Crippen LogP contribution >= 0.6 is 0 Å². The number of nitrogens with zero attached hydrogens (tertiary/aromatic N) is 1. The Morgan fingerprint density at radius 2 is 1.76 bits per heavy atom. The van der Waals surface area contributed by atoms with Crippen LogP contribution < -0.4 is 5.32 Å². The third-order valence-corrected chi connectivity index (χ3v) is 5.07. The standard InChI is InChI=1S/C16H22N2O3/c19-13-16(10-6-1-2-7-11-16)14(20)18(15(21)17-13)12-8-4-3-5-9-12/h3-4,12H,1-2,5-11H2,(H,17,19,21). The fraction of sp³-hybridized carbons (Fsp3) is 0.688. The molecule has 5 nitrogen and oxygen atoms in total. The van der Waals surface area contributed by atoms with Crippen LogP contribution in [0.25, 0.3) is 0 Å². The summed E-state index contributed by atoms with van der Waals surface area (Å²) in [5.41, 5.74) is -0.994. The first-order chi connectivity index (χ1) is 10.1. The number of nitrogens with one attached hydrogen (secondary N) is 1. The molecule has 3 aliphatic rings. The van der Waals surface area contributed by atoms with Crippen LogP contribution in [-0.4, -0.2) is 28.8 Å². The molecule has 1 atom stereocenters. The molecule has 1 N–H and O–H groups in total. The number of carbonyl (C=O) groups excluding carboxylic acids is 3. The first-order valence-electron chi connectivity index (χ1n) is 7.99. The number of barbiturate groups is 1. The van der Waals surface area contributed by atoms with E-state index in [1.165, 1.54) is 4.90 Å². The maximum absolute atomic E-state index is 13.0. The molecule has 2 aliphatic carbocycles. The van der Waals surface area contributed by atoms with Gasteiger partial charge in [-0.1, -0.05) is 37.8 Å². The van der Waals surface area contributed by atoms with Crippen molar-refractivity contribution in [2.45, 2.75) is 63.8 Å². The van der Waals surface area contributed by atoms with Crippen LogP contribution in [0.4, 0.5) is 4.79 Å². The first-order valence-corrected chi connectivity index (χ1v) is 7.99. The second-order valence-corrected chi connectivity index (χ2v) is 6.37. The average Bonchev–Trinajstić information content (AvgIpc) is 2.74. The highest BCUT2D eigenvalue weighted by Crippen LogP contribution is 2.40. The van der Waals surface area contributed by atoms with E-state index in [2.05, 4.69) is 11.4 Å². The van der Waals surface area contributed by atoms with Crippen molar-refractivity contribution in [2.24, 2.45) is 5.41 Å². The Labute approximate surface area is 124 Å². The fourth-order valence-electron chi connectivity index (χ4n) is 3.81. The molecule has 0 aromatic carbocycles. The van der Waals surface area contributed by atoms with Gasteiger partial charge < -0.3 is 0 Å². The molecular formula is C16H22N2O3. The van der Waals surface area contributed by atoms with E-state index in [1.54, 1.807) is 0 Å². The molecule has 114 valence electrons. The molecule has 1 saturated heterocycles.